The predicted molar refractivity (Wildman–Crippen MR) is 74.1 cm³/mol. The first-order valence-corrected chi connectivity index (χ1v) is 6.52. The Kier molecular flexibility index (Phi) is 4.09. The van der Waals surface area contributed by atoms with Crippen LogP contribution in [0, 0.1) is 0 Å². The molecule has 0 spiro atoms. The molecule has 0 aromatic heterocycles. The van der Waals surface area contributed by atoms with E-state index in [1.807, 2.05) is 30.9 Å². The van der Waals surface area contributed by atoms with E-state index in [1.54, 1.807) is 12.1 Å². The molecule has 1 heterocycles. The molecule has 2 unspecified atom stereocenters. The summed E-state index contributed by atoms with van der Waals surface area (Å²) < 4.78 is 0. The highest BCUT2D eigenvalue weighted by atomic mass is 35.5. The van der Waals surface area contributed by atoms with Crippen LogP contribution in [0.4, 0.5) is 10.5 Å². The molecule has 1 aromatic carbocycles. The van der Waals surface area contributed by atoms with E-state index in [2.05, 4.69) is 10.6 Å². The minimum Gasteiger partial charge on any atom is -0.317 e. The molecule has 18 heavy (non-hydrogen) atoms. The Morgan fingerprint density at radius 1 is 1.33 bits per heavy atom. The van der Waals surface area contributed by atoms with E-state index >= 15 is 0 Å². The number of benzene rings is 1. The van der Waals surface area contributed by atoms with Crippen LogP contribution in [-0.4, -0.2) is 36.1 Å². The number of urea groups is 1. The van der Waals surface area contributed by atoms with Crippen LogP contribution in [0.1, 0.15) is 13.8 Å². The lowest BCUT2D eigenvalue weighted by molar-refractivity contribution is 0.143. The zero-order chi connectivity index (χ0) is 13.1. The first kappa shape index (κ1) is 13.2. The number of halogens is 1. The molecule has 0 bridgehead atoms. The van der Waals surface area contributed by atoms with Crippen molar-refractivity contribution < 1.29 is 4.79 Å². The Morgan fingerprint density at radius 3 is 2.56 bits per heavy atom. The van der Waals surface area contributed by atoms with Gasteiger partial charge in [-0.25, -0.2) is 4.79 Å². The highest BCUT2D eigenvalue weighted by Gasteiger charge is 2.28. The molecule has 5 heteroatoms. The number of nitrogens with zero attached hydrogens (tertiary/aromatic N) is 1. The Balaban J connectivity index is 2.09. The Labute approximate surface area is 112 Å². The third-order valence-electron chi connectivity index (χ3n) is 3.18. The molecule has 0 saturated carbocycles. The van der Waals surface area contributed by atoms with Crippen molar-refractivity contribution in [3.05, 3.63) is 29.3 Å². The number of carbonyl (C=O) groups excluding carboxylic acids is 1. The lowest BCUT2D eigenvalue weighted by Crippen LogP contribution is -2.58. The minimum absolute atomic E-state index is 0.0930. The van der Waals surface area contributed by atoms with Gasteiger partial charge in [-0.15, -0.1) is 0 Å². The second-order valence-electron chi connectivity index (χ2n) is 4.67. The lowest BCUT2D eigenvalue weighted by atomic mass is 10.1. The van der Waals surface area contributed by atoms with Crippen molar-refractivity contribution in [1.29, 1.82) is 0 Å². The zero-order valence-electron chi connectivity index (χ0n) is 10.6. The number of carbonyl (C=O) groups is 1. The van der Waals surface area contributed by atoms with Crippen LogP contribution >= 0.6 is 11.6 Å². The molecule has 1 aliphatic heterocycles. The number of amides is 2. The van der Waals surface area contributed by atoms with Crippen molar-refractivity contribution >= 4 is 23.3 Å². The van der Waals surface area contributed by atoms with Gasteiger partial charge >= 0.3 is 6.03 Å². The third kappa shape index (κ3) is 2.76. The number of nitrogens with one attached hydrogen (secondary N) is 2. The molecule has 1 fully saturated rings. The summed E-state index contributed by atoms with van der Waals surface area (Å²) in [4.78, 5) is 14.1. The molecule has 98 valence electrons. The van der Waals surface area contributed by atoms with Gasteiger partial charge in [0.15, 0.2) is 0 Å². The fraction of sp³-hybridized carbons (Fsp3) is 0.462. The number of rotatable bonds is 1. The monoisotopic (exact) mass is 267 g/mol. The molecule has 1 saturated heterocycles. The molecule has 2 amide bonds. The second kappa shape index (κ2) is 5.59. The van der Waals surface area contributed by atoms with Gasteiger partial charge in [0, 0.05) is 25.2 Å². The van der Waals surface area contributed by atoms with Gasteiger partial charge in [-0.05, 0) is 26.0 Å². The maximum atomic E-state index is 12.3. The van der Waals surface area contributed by atoms with Crippen LogP contribution < -0.4 is 10.6 Å². The molecule has 1 aromatic rings. The Bertz CT molecular complexity index is 428. The van der Waals surface area contributed by atoms with E-state index in [0.717, 1.165) is 13.1 Å². The largest absolute Gasteiger partial charge is 0.322 e. The van der Waals surface area contributed by atoms with E-state index in [1.165, 1.54) is 0 Å². The number of hydrogen-bond acceptors (Lipinski definition) is 2. The fourth-order valence-corrected chi connectivity index (χ4v) is 2.46. The first-order valence-electron chi connectivity index (χ1n) is 6.14. The summed E-state index contributed by atoms with van der Waals surface area (Å²) in [7, 11) is 0. The van der Waals surface area contributed by atoms with E-state index in [9.17, 15) is 4.79 Å². The van der Waals surface area contributed by atoms with Gasteiger partial charge in [-0.3, -0.25) is 0 Å². The minimum atomic E-state index is -0.0930. The van der Waals surface area contributed by atoms with Crippen LogP contribution in [0.5, 0.6) is 0 Å². The molecule has 2 N–H and O–H groups in total. The second-order valence-corrected chi connectivity index (χ2v) is 5.08. The lowest BCUT2D eigenvalue weighted by Gasteiger charge is -2.39. The number of piperazine rings is 1. The predicted octanol–water partition coefficient (Wildman–Crippen LogP) is 2.55. The van der Waals surface area contributed by atoms with Crippen molar-refractivity contribution in [1.82, 2.24) is 10.2 Å². The Hall–Kier alpha value is -1.26. The van der Waals surface area contributed by atoms with E-state index in [4.69, 9.17) is 11.6 Å². The maximum absolute atomic E-state index is 12.3. The molecule has 0 aliphatic carbocycles. The number of hydrogen-bond donors (Lipinski definition) is 2. The van der Waals surface area contributed by atoms with Crippen LogP contribution in [-0.2, 0) is 0 Å². The zero-order valence-corrected chi connectivity index (χ0v) is 11.4. The Morgan fingerprint density at radius 2 is 1.94 bits per heavy atom. The van der Waals surface area contributed by atoms with Crippen molar-refractivity contribution in [3.63, 3.8) is 0 Å². The standard InChI is InChI=1S/C13H18ClN3O/c1-9-7-15-8-10(2)17(9)13(18)16-12-6-4-3-5-11(12)14/h3-6,9-10,15H,7-8H2,1-2H3,(H,16,18). The van der Waals surface area contributed by atoms with E-state index in [0.29, 0.717) is 10.7 Å². The van der Waals surface area contributed by atoms with Crippen LogP contribution in [0.2, 0.25) is 5.02 Å². The van der Waals surface area contributed by atoms with Crippen molar-refractivity contribution in [2.75, 3.05) is 18.4 Å². The molecule has 2 rings (SSSR count). The summed E-state index contributed by atoms with van der Waals surface area (Å²) in [5.74, 6) is 0. The van der Waals surface area contributed by atoms with E-state index in [-0.39, 0.29) is 18.1 Å². The van der Waals surface area contributed by atoms with Crippen LogP contribution in [0.25, 0.3) is 0 Å². The highest BCUT2D eigenvalue weighted by molar-refractivity contribution is 6.33. The van der Waals surface area contributed by atoms with Gasteiger partial charge in [-0.2, -0.15) is 0 Å². The molecular formula is C13H18ClN3O. The average Bonchev–Trinajstić information content (AvgIpc) is 2.32. The topological polar surface area (TPSA) is 44.4 Å². The fourth-order valence-electron chi connectivity index (χ4n) is 2.27. The maximum Gasteiger partial charge on any atom is 0.322 e. The smallest absolute Gasteiger partial charge is 0.317 e. The summed E-state index contributed by atoms with van der Waals surface area (Å²) in [5, 5.41) is 6.72. The summed E-state index contributed by atoms with van der Waals surface area (Å²) in [6.45, 7) is 5.71. The first-order chi connectivity index (χ1) is 8.59. The van der Waals surface area contributed by atoms with Gasteiger partial charge in [-0.1, -0.05) is 23.7 Å². The molecule has 0 radical (unpaired) electrons. The summed E-state index contributed by atoms with van der Waals surface area (Å²) in [6, 6.07) is 7.52. The number of anilines is 1. The quantitative estimate of drug-likeness (QED) is 0.821. The number of para-hydroxylation sites is 1. The molecule has 1 aliphatic rings. The van der Waals surface area contributed by atoms with Gasteiger partial charge < -0.3 is 15.5 Å². The van der Waals surface area contributed by atoms with Gasteiger partial charge in [0.2, 0.25) is 0 Å². The summed E-state index contributed by atoms with van der Waals surface area (Å²) >= 11 is 6.03. The summed E-state index contributed by atoms with van der Waals surface area (Å²) in [6.07, 6.45) is 0. The molecule has 4 nitrogen and oxygen atoms in total. The van der Waals surface area contributed by atoms with Crippen LogP contribution in [0.15, 0.2) is 24.3 Å². The van der Waals surface area contributed by atoms with Crippen molar-refractivity contribution in [2.45, 2.75) is 25.9 Å². The SMILES string of the molecule is CC1CNCC(C)N1C(=O)Nc1ccccc1Cl. The average molecular weight is 268 g/mol. The third-order valence-corrected chi connectivity index (χ3v) is 3.51. The van der Waals surface area contributed by atoms with Gasteiger partial charge in [0.05, 0.1) is 10.7 Å². The van der Waals surface area contributed by atoms with E-state index < -0.39 is 0 Å². The summed E-state index contributed by atoms with van der Waals surface area (Å²) in [5.41, 5.74) is 0.655. The van der Waals surface area contributed by atoms with Crippen LogP contribution in [0.3, 0.4) is 0 Å². The van der Waals surface area contributed by atoms with Crippen molar-refractivity contribution in [3.8, 4) is 0 Å². The highest BCUT2D eigenvalue weighted by Crippen LogP contribution is 2.22. The molecule has 2 atom stereocenters. The van der Waals surface area contributed by atoms with Gasteiger partial charge in [0.1, 0.15) is 0 Å². The van der Waals surface area contributed by atoms with Gasteiger partial charge in [0.25, 0.3) is 0 Å². The molecular weight excluding hydrogens is 250 g/mol. The normalized spacial score (nSPS) is 23.8. The van der Waals surface area contributed by atoms with Crippen molar-refractivity contribution in [2.24, 2.45) is 0 Å².